The molecule has 1 heterocycles. The molecule has 0 radical (unpaired) electrons. The molecule has 0 bridgehead atoms. The van der Waals surface area contributed by atoms with Crippen LogP contribution in [-0.4, -0.2) is 11.2 Å². The molecule has 1 rings (SSSR count). The van der Waals surface area contributed by atoms with E-state index in [2.05, 4.69) is 4.98 Å². The van der Waals surface area contributed by atoms with Gasteiger partial charge in [0.15, 0.2) is 17.2 Å². The molecule has 0 aromatic carbocycles. The first-order chi connectivity index (χ1) is 4.38. The van der Waals surface area contributed by atoms with Crippen LogP contribution in [0.3, 0.4) is 0 Å². The number of hydrogen-bond acceptors (Lipinski definition) is 4. The van der Waals surface area contributed by atoms with Crippen molar-refractivity contribution in [3.8, 4) is 6.07 Å². The summed E-state index contributed by atoms with van der Waals surface area (Å²) in [6, 6.07) is 1.90. The summed E-state index contributed by atoms with van der Waals surface area (Å²) in [6.07, 6.45) is 3.10. The standard InChI is InChI=1S/C5H4N2OS/c1-9-5-4(2-6)7-3-8-5/h3H,1H3. The molecule has 0 saturated carbocycles. The predicted molar refractivity (Wildman–Crippen MR) is 33.0 cm³/mol. The number of oxazole rings is 1. The highest BCUT2D eigenvalue weighted by molar-refractivity contribution is 7.98. The van der Waals surface area contributed by atoms with Crippen LogP contribution in [0, 0.1) is 11.3 Å². The zero-order chi connectivity index (χ0) is 6.69. The smallest absolute Gasteiger partial charge is 0.198 e. The number of nitriles is 1. The fourth-order valence-corrected chi connectivity index (χ4v) is 0.886. The van der Waals surface area contributed by atoms with Crippen molar-refractivity contribution in [1.29, 1.82) is 5.26 Å². The quantitative estimate of drug-likeness (QED) is 0.551. The molecule has 0 aliphatic rings. The largest absolute Gasteiger partial charge is 0.436 e. The van der Waals surface area contributed by atoms with Gasteiger partial charge < -0.3 is 4.42 Å². The minimum absolute atomic E-state index is 0.363. The van der Waals surface area contributed by atoms with Crippen molar-refractivity contribution in [2.24, 2.45) is 0 Å². The van der Waals surface area contributed by atoms with E-state index in [0.717, 1.165) is 0 Å². The van der Waals surface area contributed by atoms with Crippen LogP contribution < -0.4 is 0 Å². The lowest BCUT2D eigenvalue weighted by Gasteiger charge is -1.82. The zero-order valence-corrected chi connectivity index (χ0v) is 5.60. The maximum atomic E-state index is 8.35. The Morgan fingerprint density at radius 1 is 1.89 bits per heavy atom. The number of rotatable bonds is 1. The van der Waals surface area contributed by atoms with E-state index in [0.29, 0.717) is 10.8 Å². The number of aromatic nitrogens is 1. The van der Waals surface area contributed by atoms with Crippen LogP contribution in [0.2, 0.25) is 0 Å². The van der Waals surface area contributed by atoms with E-state index >= 15 is 0 Å². The first-order valence-electron chi connectivity index (χ1n) is 2.26. The van der Waals surface area contributed by atoms with Crippen LogP contribution in [0.1, 0.15) is 5.69 Å². The SMILES string of the molecule is CSc1ocnc1C#N. The Balaban J connectivity index is 3.02. The average molecular weight is 140 g/mol. The van der Waals surface area contributed by atoms with Crippen LogP contribution in [0.15, 0.2) is 15.9 Å². The van der Waals surface area contributed by atoms with Gasteiger partial charge in [0.05, 0.1) is 0 Å². The van der Waals surface area contributed by atoms with Gasteiger partial charge in [-0.1, -0.05) is 11.8 Å². The molecule has 0 fully saturated rings. The van der Waals surface area contributed by atoms with Crippen molar-refractivity contribution >= 4 is 11.8 Å². The van der Waals surface area contributed by atoms with Crippen LogP contribution in [0.4, 0.5) is 0 Å². The van der Waals surface area contributed by atoms with E-state index in [9.17, 15) is 0 Å². The average Bonchev–Trinajstić information content (AvgIpc) is 2.33. The molecule has 0 aliphatic carbocycles. The van der Waals surface area contributed by atoms with E-state index in [1.54, 1.807) is 0 Å². The Morgan fingerprint density at radius 3 is 3.11 bits per heavy atom. The number of thioether (sulfide) groups is 1. The minimum Gasteiger partial charge on any atom is -0.436 e. The molecule has 1 aromatic rings. The first-order valence-corrected chi connectivity index (χ1v) is 3.48. The fraction of sp³-hybridized carbons (Fsp3) is 0.200. The zero-order valence-electron chi connectivity index (χ0n) is 4.79. The molecule has 0 N–H and O–H groups in total. The van der Waals surface area contributed by atoms with E-state index < -0.39 is 0 Å². The first kappa shape index (κ1) is 6.17. The lowest BCUT2D eigenvalue weighted by Crippen LogP contribution is -1.72. The summed E-state index contributed by atoms with van der Waals surface area (Å²) in [6.45, 7) is 0. The molecule has 1 aromatic heterocycles. The van der Waals surface area contributed by atoms with E-state index in [-0.39, 0.29) is 0 Å². The molecular weight excluding hydrogens is 136 g/mol. The van der Waals surface area contributed by atoms with Gasteiger partial charge in [-0.25, -0.2) is 4.98 Å². The van der Waals surface area contributed by atoms with Gasteiger partial charge in [0.2, 0.25) is 0 Å². The summed E-state index contributed by atoms with van der Waals surface area (Å²) in [4.78, 5) is 3.66. The molecule has 0 amide bonds. The fourth-order valence-electron chi connectivity index (χ4n) is 0.455. The lowest BCUT2D eigenvalue weighted by molar-refractivity contribution is 0.469. The van der Waals surface area contributed by atoms with Gasteiger partial charge in [-0.3, -0.25) is 0 Å². The maximum Gasteiger partial charge on any atom is 0.198 e. The van der Waals surface area contributed by atoms with Crippen molar-refractivity contribution in [1.82, 2.24) is 4.98 Å². The van der Waals surface area contributed by atoms with Crippen molar-refractivity contribution in [2.45, 2.75) is 5.09 Å². The molecule has 0 atom stereocenters. The van der Waals surface area contributed by atoms with Gasteiger partial charge in [-0.15, -0.1) is 0 Å². The topological polar surface area (TPSA) is 49.8 Å². The Labute approximate surface area is 56.7 Å². The maximum absolute atomic E-state index is 8.35. The Morgan fingerprint density at radius 2 is 2.67 bits per heavy atom. The molecule has 0 saturated heterocycles. The molecule has 0 unspecified atom stereocenters. The normalized spacial score (nSPS) is 8.89. The second-order valence-corrected chi connectivity index (χ2v) is 2.08. The van der Waals surface area contributed by atoms with Gasteiger partial charge in [0.1, 0.15) is 6.07 Å². The van der Waals surface area contributed by atoms with Crippen molar-refractivity contribution in [3.63, 3.8) is 0 Å². The van der Waals surface area contributed by atoms with Crippen LogP contribution >= 0.6 is 11.8 Å². The Bertz CT molecular complexity index is 237. The molecule has 0 spiro atoms. The number of nitrogens with zero attached hydrogens (tertiary/aromatic N) is 2. The van der Waals surface area contributed by atoms with Crippen LogP contribution in [0.5, 0.6) is 0 Å². The molecule has 9 heavy (non-hydrogen) atoms. The van der Waals surface area contributed by atoms with E-state index in [4.69, 9.17) is 9.68 Å². The highest BCUT2D eigenvalue weighted by Crippen LogP contribution is 2.16. The summed E-state index contributed by atoms with van der Waals surface area (Å²) in [5.41, 5.74) is 0.363. The monoisotopic (exact) mass is 140 g/mol. The van der Waals surface area contributed by atoms with Crippen molar-refractivity contribution < 1.29 is 4.42 Å². The molecule has 0 aliphatic heterocycles. The Hall–Kier alpha value is -0.950. The second kappa shape index (κ2) is 2.55. The summed E-state index contributed by atoms with van der Waals surface area (Å²) in [7, 11) is 0. The third-order valence-corrected chi connectivity index (χ3v) is 1.49. The van der Waals surface area contributed by atoms with Crippen LogP contribution in [-0.2, 0) is 0 Å². The lowest BCUT2D eigenvalue weighted by atomic mass is 10.6. The van der Waals surface area contributed by atoms with Crippen molar-refractivity contribution in [2.75, 3.05) is 6.26 Å². The van der Waals surface area contributed by atoms with Gasteiger partial charge in [0, 0.05) is 0 Å². The Kier molecular flexibility index (Phi) is 1.75. The molecular formula is C5H4N2OS. The van der Waals surface area contributed by atoms with Gasteiger partial charge in [-0.05, 0) is 6.26 Å². The molecule has 4 heteroatoms. The second-order valence-electron chi connectivity index (χ2n) is 1.30. The van der Waals surface area contributed by atoms with Crippen molar-refractivity contribution in [3.05, 3.63) is 12.1 Å². The van der Waals surface area contributed by atoms with E-state index in [1.807, 2.05) is 12.3 Å². The summed E-state index contributed by atoms with van der Waals surface area (Å²) < 4.78 is 4.83. The number of hydrogen-bond donors (Lipinski definition) is 0. The third-order valence-electron chi connectivity index (χ3n) is 0.826. The van der Waals surface area contributed by atoms with Gasteiger partial charge in [0.25, 0.3) is 0 Å². The van der Waals surface area contributed by atoms with Gasteiger partial charge >= 0.3 is 0 Å². The molecule has 3 nitrogen and oxygen atoms in total. The summed E-state index contributed by atoms with van der Waals surface area (Å²) in [5.74, 6) is 0. The molecule has 46 valence electrons. The summed E-state index contributed by atoms with van der Waals surface area (Å²) in [5, 5.41) is 8.93. The summed E-state index contributed by atoms with van der Waals surface area (Å²) >= 11 is 1.37. The minimum atomic E-state index is 0.363. The van der Waals surface area contributed by atoms with E-state index in [1.165, 1.54) is 18.2 Å². The van der Waals surface area contributed by atoms with Crippen LogP contribution in [0.25, 0.3) is 0 Å². The highest BCUT2D eigenvalue weighted by atomic mass is 32.2. The third kappa shape index (κ3) is 1.06. The predicted octanol–water partition coefficient (Wildman–Crippen LogP) is 1.27. The highest BCUT2D eigenvalue weighted by Gasteiger charge is 2.03. The van der Waals surface area contributed by atoms with Gasteiger partial charge in [-0.2, -0.15) is 5.26 Å².